The molecule has 0 radical (unpaired) electrons. The van der Waals surface area contributed by atoms with E-state index < -0.39 is 5.97 Å². The summed E-state index contributed by atoms with van der Waals surface area (Å²) >= 11 is 0. The normalized spacial score (nSPS) is 10.8. The molecule has 4 rings (SSSR count). The molecule has 0 unspecified atom stereocenters. The molecular formula is C19H15N3O4. The van der Waals surface area contributed by atoms with Gasteiger partial charge in [-0.1, -0.05) is 35.0 Å². The van der Waals surface area contributed by atoms with Crippen LogP contribution >= 0.6 is 0 Å². The lowest BCUT2D eigenvalue weighted by molar-refractivity contribution is 0.0457. The predicted molar refractivity (Wildman–Crippen MR) is 92.1 cm³/mol. The van der Waals surface area contributed by atoms with E-state index >= 15 is 0 Å². The smallest absolute Gasteiger partial charge is 0.356 e. The Kier molecular flexibility index (Phi) is 4.10. The highest BCUT2D eigenvalue weighted by molar-refractivity contribution is 5.88. The van der Waals surface area contributed by atoms with Crippen molar-refractivity contribution in [1.82, 2.24) is 15.4 Å². The number of nitrogens with one attached hydrogen (secondary N) is 1. The lowest BCUT2D eigenvalue weighted by Gasteiger charge is -1.99. The van der Waals surface area contributed by atoms with E-state index in [1.165, 1.54) is 6.26 Å². The molecule has 7 nitrogen and oxygen atoms in total. The fourth-order valence-electron chi connectivity index (χ4n) is 2.43. The summed E-state index contributed by atoms with van der Waals surface area (Å²) in [5, 5.41) is 10.6. The van der Waals surface area contributed by atoms with Crippen LogP contribution in [0, 0.1) is 6.92 Å². The Hall–Kier alpha value is -3.61. The SMILES string of the molecule is Cc1ccc(-c2cc(COC(=O)c3cc(-c4ccco4)n[nH]3)no2)cc1. The molecule has 0 saturated heterocycles. The number of nitrogens with zero attached hydrogens (tertiary/aromatic N) is 2. The highest BCUT2D eigenvalue weighted by atomic mass is 16.5. The molecule has 130 valence electrons. The largest absolute Gasteiger partial charge is 0.463 e. The van der Waals surface area contributed by atoms with Crippen molar-refractivity contribution in [3.8, 4) is 22.8 Å². The maximum absolute atomic E-state index is 12.1. The number of hydrogen-bond acceptors (Lipinski definition) is 6. The predicted octanol–water partition coefficient (Wildman–Crippen LogP) is 3.99. The second kappa shape index (κ2) is 6.72. The first kappa shape index (κ1) is 15.9. The first-order valence-electron chi connectivity index (χ1n) is 7.98. The van der Waals surface area contributed by atoms with E-state index in [2.05, 4.69) is 15.4 Å². The Morgan fingerprint density at radius 2 is 2.00 bits per heavy atom. The first-order chi connectivity index (χ1) is 12.7. The maximum atomic E-state index is 12.1. The third kappa shape index (κ3) is 3.27. The van der Waals surface area contributed by atoms with Gasteiger partial charge in [0.2, 0.25) is 0 Å². The number of aromatic amines is 1. The van der Waals surface area contributed by atoms with Crippen LogP contribution < -0.4 is 0 Å². The molecule has 0 spiro atoms. The van der Waals surface area contributed by atoms with E-state index in [0.717, 1.165) is 11.1 Å². The Balaban J connectivity index is 1.40. The lowest BCUT2D eigenvalue weighted by Crippen LogP contribution is -2.05. The minimum atomic E-state index is -0.532. The van der Waals surface area contributed by atoms with Crippen molar-refractivity contribution in [3.05, 3.63) is 71.7 Å². The Labute approximate surface area is 148 Å². The van der Waals surface area contributed by atoms with Gasteiger partial charge >= 0.3 is 5.97 Å². The summed E-state index contributed by atoms with van der Waals surface area (Å²) in [5.41, 5.74) is 3.37. The quantitative estimate of drug-likeness (QED) is 0.548. The number of hydrogen-bond donors (Lipinski definition) is 1. The van der Waals surface area contributed by atoms with Crippen molar-refractivity contribution in [1.29, 1.82) is 0 Å². The number of aromatic nitrogens is 3. The highest BCUT2D eigenvalue weighted by Gasteiger charge is 2.15. The lowest BCUT2D eigenvalue weighted by atomic mass is 10.1. The summed E-state index contributed by atoms with van der Waals surface area (Å²) in [7, 11) is 0. The molecule has 0 bridgehead atoms. The average Bonchev–Trinajstić information content (AvgIpc) is 3.41. The number of carbonyl (C=O) groups excluding carboxylic acids is 1. The summed E-state index contributed by atoms with van der Waals surface area (Å²) in [5.74, 6) is 0.660. The van der Waals surface area contributed by atoms with Crippen LogP contribution in [0.3, 0.4) is 0 Å². The maximum Gasteiger partial charge on any atom is 0.356 e. The number of ether oxygens (including phenoxy) is 1. The van der Waals surface area contributed by atoms with Gasteiger partial charge in [0, 0.05) is 17.7 Å². The van der Waals surface area contributed by atoms with Gasteiger partial charge in [-0.15, -0.1) is 0 Å². The number of esters is 1. The number of carbonyl (C=O) groups is 1. The molecular weight excluding hydrogens is 334 g/mol. The van der Waals surface area contributed by atoms with Crippen LogP contribution in [0.2, 0.25) is 0 Å². The zero-order valence-corrected chi connectivity index (χ0v) is 13.9. The van der Waals surface area contributed by atoms with Crippen molar-refractivity contribution < 1.29 is 18.5 Å². The molecule has 3 heterocycles. The van der Waals surface area contributed by atoms with E-state index in [4.69, 9.17) is 13.7 Å². The number of furan rings is 1. The average molecular weight is 349 g/mol. The topological polar surface area (TPSA) is 94.2 Å². The van der Waals surface area contributed by atoms with Gasteiger partial charge in [0.05, 0.1) is 6.26 Å². The third-order valence-electron chi connectivity index (χ3n) is 3.82. The second-order valence-electron chi connectivity index (χ2n) is 5.77. The molecule has 0 aliphatic rings. The van der Waals surface area contributed by atoms with Gasteiger partial charge in [0.15, 0.2) is 11.5 Å². The van der Waals surface area contributed by atoms with Crippen molar-refractivity contribution in [2.45, 2.75) is 13.5 Å². The molecule has 0 aliphatic carbocycles. The summed E-state index contributed by atoms with van der Waals surface area (Å²) < 4.78 is 15.8. The fourth-order valence-corrected chi connectivity index (χ4v) is 2.43. The van der Waals surface area contributed by atoms with Crippen LogP contribution in [-0.2, 0) is 11.3 Å². The van der Waals surface area contributed by atoms with E-state index in [9.17, 15) is 4.79 Å². The van der Waals surface area contributed by atoms with Gasteiger partial charge in [0.1, 0.15) is 23.7 Å². The Morgan fingerprint density at radius 1 is 1.15 bits per heavy atom. The molecule has 0 saturated carbocycles. The highest BCUT2D eigenvalue weighted by Crippen LogP contribution is 2.22. The number of rotatable bonds is 5. The van der Waals surface area contributed by atoms with Crippen LogP contribution in [0.5, 0.6) is 0 Å². The molecule has 1 aromatic carbocycles. The van der Waals surface area contributed by atoms with Crippen LogP contribution in [0.4, 0.5) is 0 Å². The minimum absolute atomic E-state index is 0.00327. The summed E-state index contributed by atoms with van der Waals surface area (Å²) in [6.07, 6.45) is 1.54. The van der Waals surface area contributed by atoms with E-state index in [1.54, 1.807) is 24.3 Å². The third-order valence-corrected chi connectivity index (χ3v) is 3.82. The molecule has 3 aromatic heterocycles. The van der Waals surface area contributed by atoms with Crippen molar-refractivity contribution in [2.75, 3.05) is 0 Å². The fraction of sp³-hybridized carbons (Fsp3) is 0.105. The monoisotopic (exact) mass is 349 g/mol. The number of H-pyrrole nitrogens is 1. The summed E-state index contributed by atoms with van der Waals surface area (Å²) in [4.78, 5) is 12.1. The van der Waals surface area contributed by atoms with Gasteiger partial charge in [-0.25, -0.2) is 4.79 Å². The molecule has 7 heteroatoms. The van der Waals surface area contributed by atoms with Gasteiger partial charge in [-0.2, -0.15) is 5.10 Å². The van der Waals surface area contributed by atoms with Crippen LogP contribution in [-0.4, -0.2) is 21.3 Å². The molecule has 0 aliphatic heterocycles. The van der Waals surface area contributed by atoms with E-state index in [-0.39, 0.29) is 12.3 Å². The van der Waals surface area contributed by atoms with Crippen molar-refractivity contribution >= 4 is 5.97 Å². The summed E-state index contributed by atoms with van der Waals surface area (Å²) in [6, 6.07) is 14.7. The van der Waals surface area contributed by atoms with Crippen LogP contribution in [0.15, 0.2) is 63.7 Å². The van der Waals surface area contributed by atoms with Crippen molar-refractivity contribution in [2.24, 2.45) is 0 Å². The molecule has 0 amide bonds. The summed E-state index contributed by atoms with van der Waals surface area (Å²) in [6.45, 7) is 2.02. The van der Waals surface area contributed by atoms with Gasteiger partial charge in [0.25, 0.3) is 0 Å². The first-order valence-corrected chi connectivity index (χ1v) is 7.98. The Bertz CT molecular complexity index is 1010. The second-order valence-corrected chi connectivity index (χ2v) is 5.77. The molecule has 26 heavy (non-hydrogen) atoms. The van der Waals surface area contributed by atoms with Gasteiger partial charge in [-0.05, 0) is 19.1 Å². The zero-order chi connectivity index (χ0) is 17.9. The molecule has 1 N–H and O–H groups in total. The molecule has 0 atom stereocenters. The van der Waals surface area contributed by atoms with Crippen LogP contribution in [0.25, 0.3) is 22.8 Å². The standard InChI is InChI=1S/C19H15N3O4/c1-12-4-6-13(7-5-12)18-9-14(22-26-18)11-25-19(23)16-10-15(20-21-16)17-3-2-8-24-17/h2-10H,11H2,1H3,(H,20,21). The Morgan fingerprint density at radius 3 is 2.77 bits per heavy atom. The number of benzene rings is 1. The van der Waals surface area contributed by atoms with Crippen molar-refractivity contribution in [3.63, 3.8) is 0 Å². The van der Waals surface area contributed by atoms with E-state index in [0.29, 0.717) is 22.9 Å². The van der Waals surface area contributed by atoms with Gasteiger partial charge < -0.3 is 13.7 Å². The number of aryl methyl sites for hydroxylation is 1. The zero-order valence-electron chi connectivity index (χ0n) is 13.9. The van der Waals surface area contributed by atoms with Gasteiger partial charge in [-0.3, -0.25) is 5.10 Å². The van der Waals surface area contributed by atoms with Crippen LogP contribution in [0.1, 0.15) is 21.7 Å². The minimum Gasteiger partial charge on any atom is -0.463 e. The van der Waals surface area contributed by atoms with E-state index in [1.807, 2.05) is 31.2 Å². The molecule has 0 fully saturated rings. The molecule has 4 aromatic rings.